The van der Waals surface area contributed by atoms with Gasteiger partial charge in [-0.2, -0.15) is 0 Å². The molecular formula is C13H18N4. The number of nitrogens with zero attached hydrogens (tertiary/aromatic N) is 2. The van der Waals surface area contributed by atoms with Crippen molar-refractivity contribution in [2.45, 2.75) is 25.8 Å². The van der Waals surface area contributed by atoms with Gasteiger partial charge in [-0.05, 0) is 25.1 Å². The van der Waals surface area contributed by atoms with Gasteiger partial charge in [-0.15, -0.1) is 0 Å². The summed E-state index contributed by atoms with van der Waals surface area (Å²) in [5, 5.41) is 3.49. The molecule has 2 N–H and O–H groups in total. The van der Waals surface area contributed by atoms with Crippen LogP contribution >= 0.6 is 0 Å². The summed E-state index contributed by atoms with van der Waals surface area (Å²) in [4.78, 5) is 11.8. The highest BCUT2D eigenvalue weighted by Gasteiger charge is 2.13. The molecule has 0 aliphatic heterocycles. The lowest BCUT2D eigenvalue weighted by molar-refractivity contribution is 0.504. The molecule has 0 saturated carbocycles. The molecule has 2 heterocycles. The minimum absolute atomic E-state index is 0.208. The van der Waals surface area contributed by atoms with Crippen LogP contribution in [0.1, 0.15) is 30.9 Å². The maximum atomic E-state index is 4.35. The van der Waals surface area contributed by atoms with Crippen LogP contribution < -0.4 is 5.32 Å². The average Bonchev–Trinajstić information content (AvgIpc) is 2.89. The Balaban J connectivity index is 2.06. The second-order valence-corrected chi connectivity index (χ2v) is 4.01. The van der Waals surface area contributed by atoms with Crippen LogP contribution in [0, 0.1) is 0 Å². The Kier molecular flexibility index (Phi) is 4.27. The summed E-state index contributed by atoms with van der Waals surface area (Å²) < 4.78 is 0. The molecule has 0 aliphatic carbocycles. The fourth-order valence-electron chi connectivity index (χ4n) is 1.78. The lowest BCUT2D eigenvalue weighted by atomic mass is 10.1. The Morgan fingerprint density at radius 2 is 2.24 bits per heavy atom. The highest BCUT2D eigenvalue weighted by atomic mass is 15.0. The number of imidazole rings is 1. The summed E-state index contributed by atoms with van der Waals surface area (Å²) in [5.74, 6) is 0.976. The third-order valence-corrected chi connectivity index (χ3v) is 2.63. The second kappa shape index (κ2) is 6.15. The van der Waals surface area contributed by atoms with Crippen LogP contribution in [0.5, 0.6) is 0 Å². The molecule has 0 saturated heterocycles. The number of aromatic nitrogens is 3. The number of pyridine rings is 1. The van der Waals surface area contributed by atoms with E-state index in [2.05, 4.69) is 27.2 Å². The molecule has 2 rings (SSSR count). The van der Waals surface area contributed by atoms with Crippen LogP contribution in [-0.4, -0.2) is 21.5 Å². The Morgan fingerprint density at radius 3 is 2.88 bits per heavy atom. The maximum absolute atomic E-state index is 4.35. The SMILES string of the molecule is CCCNC(Cc1ccccn1)c1ncc[nH]1. The lowest BCUT2D eigenvalue weighted by Crippen LogP contribution is -2.25. The van der Waals surface area contributed by atoms with Gasteiger partial charge in [0.1, 0.15) is 5.82 Å². The summed E-state index contributed by atoms with van der Waals surface area (Å²) in [7, 11) is 0. The fraction of sp³-hybridized carbons (Fsp3) is 0.385. The summed E-state index contributed by atoms with van der Waals surface area (Å²) in [5.41, 5.74) is 1.08. The van der Waals surface area contributed by atoms with Gasteiger partial charge in [-0.3, -0.25) is 4.98 Å². The van der Waals surface area contributed by atoms with Gasteiger partial charge in [0.2, 0.25) is 0 Å². The van der Waals surface area contributed by atoms with Gasteiger partial charge in [0.25, 0.3) is 0 Å². The number of hydrogen-bond donors (Lipinski definition) is 2. The first kappa shape index (κ1) is 11.8. The Bertz CT molecular complexity index is 410. The van der Waals surface area contributed by atoms with E-state index in [1.54, 1.807) is 6.20 Å². The van der Waals surface area contributed by atoms with E-state index in [0.29, 0.717) is 0 Å². The van der Waals surface area contributed by atoms with Crippen molar-refractivity contribution in [3.05, 3.63) is 48.3 Å². The molecule has 0 aliphatic rings. The molecule has 2 aromatic rings. The monoisotopic (exact) mass is 230 g/mol. The molecule has 0 bridgehead atoms. The molecule has 4 heteroatoms. The van der Waals surface area contributed by atoms with Crippen molar-refractivity contribution in [2.75, 3.05) is 6.54 Å². The largest absolute Gasteiger partial charge is 0.347 e. The smallest absolute Gasteiger partial charge is 0.123 e. The summed E-state index contributed by atoms with van der Waals surface area (Å²) in [6, 6.07) is 6.20. The molecular weight excluding hydrogens is 212 g/mol. The second-order valence-electron chi connectivity index (χ2n) is 4.01. The van der Waals surface area contributed by atoms with Gasteiger partial charge in [0.15, 0.2) is 0 Å². The van der Waals surface area contributed by atoms with Gasteiger partial charge in [-0.1, -0.05) is 13.0 Å². The Hall–Kier alpha value is -1.68. The Morgan fingerprint density at radius 1 is 1.29 bits per heavy atom. The number of H-pyrrole nitrogens is 1. The molecule has 4 nitrogen and oxygen atoms in total. The molecule has 2 aromatic heterocycles. The normalized spacial score (nSPS) is 12.5. The van der Waals surface area contributed by atoms with Crippen molar-refractivity contribution in [3.8, 4) is 0 Å². The molecule has 17 heavy (non-hydrogen) atoms. The number of nitrogens with one attached hydrogen (secondary N) is 2. The zero-order valence-electron chi connectivity index (χ0n) is 10.1. The summed E-state index contributed by atoms with van der Waals surface area (Å²) in [6.07, 6.45) is 7.44. The third-order valence-electron chi connectivity index (χ3n) is 2.63. The van der Waals surface area contributed by atoms with Gasteiger partial charge in [0.05, 0.1) is 6.04 Å². The molecule has 0 radical (unpaired) electrons. The summed E-state index contributed by atoms with van der Waals surface area (Å²) >= 11 is 0. The molecule has 0 aromatic carbocycles. The highest BCUT2D eigenvalue weighted by molar-refractivity contribution is 5.08. The third kappa shape index (κ3) is 3.39. The van der Waals surface area contributed by atoms with Gasteiger partial charge in [-0.25, -0.2) is 4.98 Å². The molecule has 90 valence electrons. The maximum Gasteiger partial charge on any atom is 0.123 e. The predicted octanol–water partition coefficient (Wildman–Crippen LogP) is 2.09. The van der Waals surface area contributed by atoms with E-state index in [1.807, 2.05) is 30.6 Å². The average molecular weight is 230 g/mol. The van der Waals surface area contributed by atoms with E-state index in [1.165, 1.54) is 0 Å². The molecule has 0 fully saturated rings. The van der Waals surface area contributed by atoms with E-state index in [4.69, 9.17) is 0 Å². The fourth-order valence-corrected chi connectivity index (χ4v) is 1.78. The van der Waals surface area contributed by atoms with Crippen molar-refractivity contribution in [1.82, 2.24) is 20.3 Å². The van der Waals surface area contributed by atoms with Crippen LogP contribution in [0.4, 0.5) is 0 Å². The van der Waals surface area contributed by atoms with Crippen LogP contribution in [-0.2, 0) is 6.42 Å². The first-order valence-electron chi connectivity index (χ1n) is 6.02. The van der Waals surface area contributed by atoms with Crippen LogP contribution in [0.25, 0.3) is 0 Å². The van der Waals surface area contributed by atoms with Crippen LogP contribution in [0.2, 0.25) is 0 Å². The van der Waals surface area contributed by atoms with Crippen LogP contribution in [0.15, 0.2) is 36.8 Å². The van der Waals surface area contributed by atoms with Crippen LogP contribution in [0.3, 0.4) is 0 Å². The number of aromatic amines is 1. The van der Waals surface area contributed by atoms with E-state index in [-0.39, 0.29) is 6.04 Å². The van der Waals surface area contributed by atoms with E-state index < -0.39 is 0 Å². The van der Waals surface area contributed by atoms with Crippen molar-refractivity contribution in [3.63, 3.8) is 0 Å². The Labute approximate surface area is 102 Å². The molecule has 0 amide bonds. The van der Waals surface area contributed by atoms with Gasteiger partial charge < -0.3 is 10.3 Å². The highest BCUT2D eigenvalue weighted by Crippen LogP contribution is 2.13. The van der Waals surface area contributed by atoms with Gasteiger partial charge >= 0.3 is 0 Å². The summed E-state index contributed by atoms with van der Waals surface area (Å²) in [6.45, 7) is 3.14. The van der Waals surface area contributed by atoms with Crippen molar-refractivity contribution in [2.24, 2.45) is 0 Å². The van der Waals surface area contributed by atoms with Crippen molar-refractivity contribution in [1.29, 1.82) is 0 Å². The standard InChI is InChI=1S/C13H18N4/c1-2-6-15-12(13-16-8-9-17-13)10-11-5-3-4-7-14-11/h3-5,7-9,12,15H,2,6,10H2,1H3,(H,16,17). The van der Waals surface area contributed by atoms with E-state index in [0.717, 1.165) is 30.9 Å². The zero-order chi connectivity index (χ0) is 11.9. The lowest BCUT2D eigenvalue weighted by Gasteiger charge is -2.15. The zero-order valence-corrected chi connectivity index (χ0v) is 10.1. The topological polar surface area (TPSA) is 53.6 Å². The van der Waals surface area contributed by atoms with E-state index >= 15 is 0 Å². The molecule has 1 unspecified atom stereocenters. The minimum atomic E-state index is 0.208. The van der Waals surface area contributed by atoms with Crippen molar-refractivity contribution < 1.29 is 0 Å². The first-order valence-corrected chi connectivity index (χ1v) is 6.02. The quantitative estimate of drug-likeness (QED) is 0.799. The molecule has 0 spiro atoms. The number of rotatable bonds is 6. The van der Waals surface area contributed by atoms with Crippen molar-refractivity contribution >= 4 is 0 Å². The number of hydrogen-bond acceptors (Lipinski definition) is 3. The molecule has 1 atom stereocenters. The predicted molar refractivity (Wildman–Crippen MR) is 67.6 cm³/mol. The van der Waals surface area contributed by atoms with Gasteiger partial charge in [0, 0.05) is 30.7 Å². The minimum Gasteiger partial charge on any atom is -0.347 e. The van der Waals surface area contributed by atoms with E-state index in [9.17, 15) is 0 Å². The first-order chi connectivity index (χ1) is 8.40.